The zero-order valence-corrected chi connectivity index (χ0v) is 15.4. The zero-order chi connectivity index (χ0) is 17.5. The Labute approximate surface area is 147 Å². The lowest BCUT2D eigenvalue weighted by atomic mass is 10.2. The minimum atomic E-state index is 0.0470. The topological polar surface area (TPSA) is 60.2 Å². The van der Waals surface area contributed by atoms with Crippen molar-refractivity contribution in [3.63, 3.8) is 0 Å². The van der Waals surface area contributed by atoms with E-state index in [4.69, 9.17) is 4.74 Å². The highest BCUT2D eigenvalue weighted by Crippen LogP contribution is 2.19. The van der Waals surface area contributed by atoms with E-state index in [1.54, 1.807) is 18.3 Å². The van der Waals surface area contributed by atoms with Gasteiger partial charge >= 0.3 is 0 Å². The standard InChI is InChI=1S/C17H24N4O2S/c1-13(2)21-12-18-19-17(21)24-11-16(22)20(4)9-10-23-15-7-5-14(3)6-8-15/h5-8,12-13H,9-11H2,1-4H3. The van der Waals surface area contributed by atoms with E-state index in [1.807, 2.05) is 35.8 Å². The van der Waals surface area contributed by atoms with Crippen molar-refractivity contribution in [3.8, 4) is 5.75 Å². The van der Waals surface area contributed by atoms with E-state index in [-0.39, 0.29) is 11.9 Å². The number of likely N-dealkylation sites (N-methyl/N-ethyl adjacent to an activating group) is 1. The average Bonchev–Trinajstić information content (AvgIpc) is 3.03. The van der Waals surface area contributed by atoms with Gasteiger partial charge in [-0.15, -0.1) is 10.2 Å². The van der Waals surface area contributed by atoms with E-state index >= 15 is 0 Å². The summed E-state index contributed by atoms with van der Waals surface area (Å²) in [6.07, 6.45) is 1.69. The highest BCUT2D eigenvalue weighted by Gasteiger charge is 2.13. The van der Waals surface area contributed by atoms with Crippen LogP contribution in [0, 0.1) is 6.92 Å². The summed E-state index contributed by atoms with van der Waals surface area (Å²) in [7, 11) is 1.79. The summed E-state index contributed by atoms with van der Waals surface area (Å²) in [5, 5.41) is 8.73. The highest BCUT2D eigenvalue weighted by atomic mass is 32.2. The number of aryl methyl sites for hydroxylation is 1. The zero-order valence-electron chi connectivity index (χ0n) is 14.6. The van der Waals surface area contributed by atoms with Gasteiger partial charge in [0.25, 0.3) is 0 Å². The van der Waals surface area contributed by atoms with Crippen LogP contribution >= 0.6 is 11.8 Å². The molecule has 0 bridgehead atoms. The van der Waals surface area contributed by atoms with Crippen LogP contribution in [0.25, 0.3) is 0 Å². The smallest absolute Gasteiger partial charge is 0.232 e. The summed E-state index contributed by atoms with van der Waals surface area (Å²) >= 11 is 1.41. The van der Waals surface area contributed by atoms with E-state index in [1.165, 1.54) is 17.3 Å². The number of hydrogen-bond donors (Lipinski definition) is 0. The molecule has 0 unspecified atom stereocenters. The molecule has 0 atom stereocenters. The van der Waals surface area contributed by atoms with Crippen molar-refractivity contribution in [1.29, 1.82) is 0 Å². The summed E-state index contributed by atoms with van der Waals surface area (Å²) in [6, 6.07) is 8.16. The quantitative estimate of drug-likeness (QED) is 0.687. The van der Waals surface area contributed by atoms with Crippen molar-refractivity contribution in [2.45, 2.75) is 32.0 Å². The number of ether oxygens (including phenoxy) is 1. The van der Waals surface area contributed by atoms with E-state index in [2.05, 4.69) is 24.0 Å². The fraction of sp³-hybridized carbons (Fsp3) is 0.471. The molecule has 7 heteroatoms. The van der Waals surface area contributed by atoms with Crippen LogP contribution in [0.2, 0.25) is 0 Å². The minimum Gasteiger partial charge on any atom is -0.492 e. The van der Waals surface area contributed by atoms with E-state index < -0.39 is 0 Å². The van der Waals surface area contributed by atoms with Crippen LogP contribution in [0.5, 0.6) is 5.75 Å². The summed E-state index contributed by atoms with van der Waals surface area (Å²) < 4.78 is 7.61. The summed E-state index contributed by atoms with van der Waals surface area (Å²) in [6.45, 7) is 7.17. The number of aromatic nitrogens is 3. The van der Waals surface area contributed by atoms with Gasteiger partial charge in [0.1, 0.15) is 18.7 Å². The molecule has 1 heterocycles. The summed E-state index contributed by atoms with van der Waals surface area (Å²) in [5.41, 5.74) is 1.20. The Morgan fingerprint density at radius 3 is 2.71 bits per heavy atom. The first-order valence-electron chi connectivity index (χ1n) is 7.93. The molecule has 0 saturated carbocycles. The first-order chi connectivity index (χ1) is 11.5. The van der Waals surface area contributed by atoms with E-state index in [9.17, 15) is 4.79 Å². The maximum atomic E-state index is 12.2. The molecule has 0 spiro atoms. The molecule has 1 amide bonds. The van der Waals surface area contributed by atoms with Gasteiger partial charge in [0.05, 0.1) is 12.3 Å². The Hall–Kier alpha value is -2.02. The molecule has 1 aromatic heterocycles. The van der Waals surface area contributed by atoms with Crippen molar-refractivity contribution in [2.75, 3.05) is 26.0 Å². The third-order valence-corrected chi connectivity index (χ3v) is 4.51. The van der Waals surface area contributed by atoms with Crippen LogP contribution in [0.1, 0.15) is 25.5 Å². The van der Waals surface area contributed by atoms with Gasteiger partial charge < -0.3 is 14.2 Å². The SMILES string of the molecule is Cc1ccc(OCCN(C)C(=O)CSc2nncn2C(C)C)cc1. The third kappa shape index (κ3) is 5.26. The number of carbonyl (C=O) groups excluding carboxylic acids is 1. The molecule has 0 aliphatic carbocycles. The Morgan fingerprint density at radius 1 is 1.33 bits per heavy atom. The van der Waals surface area contributed by atoms with Gasteiger partial charge in [0, 0.05) is 13.1 Å². The molecule has 130 valence electrons. The van der Waals surface area contributed by atoms with Gasteiger partial charge in [0.2, 0.25) is 5.91 Å². The van der Waals surface area contributed by atoms with Crippen LogP contribution in [0.15, 0.2) is 35.7 Å². The molecule has 0 fully saturated rings. The van der Waals surface area contributed by atoms with Gasteiger partial charge in [-0.3, -0.25) is 4.79 Å². The maximum Gasteiger partial charge on any atom is 0.232 e. The Bertz CT molecular complexity index is 655. The fourth-order valence-corrected chi connectivity index (χ4v) is 2.97. The van der Waals surface area contributed by atoms with Crippen LogP contribution in [-0.2, 0) is 4.79 Å². The van der Waals surface area contributed by atoms with Gasteiger partial charge in [-0.05, 0) is 32.9 Å². The average molecular weight is 348 g/mol. The number of thioether (sulfide) groups is 1. The van der Waals surface area contributed by atoms with Gasteiger partial charge in [-0.1, -0.05) is 29.5 Å². The molecule has 6 nitrogen and oxygen atoms in total. The number of amides is 1. The maximum absolute atomic E-state index is 12.2. The lowest BCUT2D eigenvalue weighted by Gasteiger charge is -2.17. The monoisotopic (exact) mass is 348 g/mol. The van der Waals surface area contributed by atoms with Gasteiger partial charge in [-0.2, -0.15) is 0 Å². The summed E-state index contributed by atoms with van der Waals surface area (Å²) in [5.74, 6) is 1.21. The van der Waals surface area contributed by atoms with E-state index in [0.717, 1.165) is 10.9 Å². The number of benzene rings is 1. The Kier molecular flexibility index (Phi) is 6.66. The number of hydrogen-bond acceptors (Lipinski definition) is 5. The Morgan fingerprint density at radius 2 is 2.04 bits per heavy atom. The second-order valence-corrected chi connectivity index (χ2v) is 6.82. The molecule has 24 heavy (non-hydrogen) atoms. The summed E-state index contributed by atoms with van der Waals surface area (Å²) in [4.78, 5) is 13.9. The molecule has 0 radical (unpaired) electrons. The van der Waals surface area contributed by atoms with Crippen molar-refractivity contribution in [2.24, 2.45) is 0 Å². The normalized spacial score (nSPS) is 10.9. The largest absolute Gasteiger partial charge is 0.492 e. The second kappa shape index (κ2) is 8.73. The predicted molar refractivity (Wildman–Crippen MR) is 95.4 cm³/mol. The fourth-order valence-electron chi connectivity index (χ4n) is 1.99. The molecule has 2 aromatic rings. The van der Waals surface area contributed by atoms with Crippen molar-refractivity contribution < 1.29 is 9.53 Å². The number of rotatable bonds is 8. The second-order valence-electron chi connectivity index (χ2n) is 5.88. The molecule has 0 saturated heterocycles. The lowest BCUT2D eigenvalue weighted by molar-refractivity contribution is -0.127. The molecular weight excluding hydrogens is 324 g/mol. The molecule has 0 N–H and O–H groups in total. The number of nitrogens with zero attached hydrogens (tertiary/aromatic N) is 4. The number of carbonyl (C=O) groups is 1. The molecule has 0 aliphatic heterocycles. The molecular formula is C17H24N4O2S. The van der Waals surface area contributed by atoms with Crippen molar-refractivity contribution in [1.82, 2.24) is 19.7 Å². The molecule has 1 aromatic carbocycles. The van der Waals surface area contributed by atoms with Gasteiger partial charge in [0.15, 0.2) is 5.16 Å². The van der Waals surface area contributed by atoms with Crippen LogP contribution in [0.3, 0.4) is 0 Å². The molecule has 0 aliphatic rings. The van der Waals surface area contributed by atoms with Crippen LogP contribution in [-0.4, -0.2) is 51.5 Å². The van der Waals surface area contributed by atoms with Crippen LogP contribution < -0.4 is 4.74 Å². The first-order valence-corrected chi connectivity index (χ1v) is 8.91. The van der Waals surface area contributed by atoms with Crippen LogP contribution in [0.4, 0.5) is 0 Å². The Balaban J connectivity index is 1.73. The van der Waals surface area contributed by atoms with Crippen molar-refractivity contribution >= 4 is 17.7 Å². The minimum absolute atomic E-state index is 0.0470. The van der Waals surface area contributed by atoms with Gasteiger partial charge in [-0.25, -0.2) is 0 Å². The first kappa shape index (κ1) is 18.3. The highest BCUT2D eigenvalue weighted by molar-refractivity contribution is 7.99. The van der Waals surface area contributed by atoms with E-state index in [0.29, 0.717) is 18.9 Å². The lowest BCUT2D eigenvalue weighted by Crippen LogP contribution is -2.32. The third-order valence-electron chi connectivity index (χ3n) is 3.56. The molecule has 2 rings (SSSR count). The predicted octanol–water partition coefficient (Wildman–Crippen LogP) is 2.80. The van der Waals surface area contributed by atoms with Crippen molar-refractivity contribution in [3.05, 3.63) is 36.2 Å².